The molecule has 0 amide bonds. The highest BCUT2D eigenvalue weighted by atomic mass is 16.5. The maximum absolute atomic E-state index is 5.31. The topological polar surface area (TPSA) is 50.3 Å². The fraction of sp³-hybridized carbons (Fsp3) is 0.733. The van der Waals surface area contributed by atoms with Crippen LogP contribution in [-0.2, 0) is 4.74 Å². The Bertz CT molecular complexity index is 448. The normalized spacial score (nSPS) is 19.2. The Morgan fingerprint density at radius 1 is 1.35 bits per heavy atom. The van der Waals surface area contributed by atoms with Gasteiger partial charge in [0.1, 0.15) is 17.5 Å². The van der Waals surface area contributed by atoms with Gasteiger partial charge in [-0.2, -0.15) is 0 Å². The zero-order valence-electron chi connectivity index (χ0n) is 13.1. The highest BCUT2D eigenvalue weighted by Gasteiger charge is 2.23. The van der Waals surface area contributed by atoms with E-state index in [4.69, 9.17) is 4.74 Å². The van der Waals surface area contributed by atoms with E-state index in [0.29, 0.717) is 5.92 Å². The minimum absolute atomic E-state index is 0.603. The molecule has 0 saturated carbocycles. The monoisotopic (exact) mass is 278 g/mol. The molecular weight excluding hydrogens is 252 g/mol. The Kier molecular flexibility index (Phi) is 5.17. The number of methoxy groups -OCH3 is 1. The summed E-state index contributed by atoms with van der Waals surface area (Å²) in [5, 5.41) is 3.33. The fourth-order valence-corrected chi connectivity index (χ4v) is 2.89. The van der Waals surface area contributed by atoms with Crippen molar-refractivity contribution in [2.75, 3.05) is 43.6 Å². The largest absolute Gasteiger partial charge is 0.384 e. The van der Waals surface area contributed by atoms with Gasteiger partial charge in [0, 0.05) is 32.3 Å². The molecule has 5 nitrogen and oxygen atoms in total. The minimum atomic E-state index is 0.603. The first-order valence-electron chi connectivity index (χ1n) is 7.48. The van der Waals surface area contributed by atoms with E-state index in [1.54, 1.807) is 7.11 Å². The van der Waals surface area contributed by atoms with E-state index in [2.05, 4.69) is 34.0 Å². The van der Waals surface area contributed by atoms with Gasteiger partial charge >= 0.3 is 0 Å². The van der Waals surface area contributed by atoms with Gasteiger partial charge < -0.3 is 15.0 Å². The molecule has 1 unspecified atom stereocenters. The van der Waals surface area contributed by atoms with Crippen LogP contribution in [0.2, 0.25) is 0 Å². The van der Waals surface area contributed by atoms with E-state index in [1.807, 2.05) is 6.92 Å². The van der Waals surface area contributed by atoms with Gasteiger partial charge in [0.2, 0.25) is 0 Å². The van der Waals surface area contributed by atoms with Crippen molar-refractivity contribution >= 4 is 11.6 Å². The standard InChI is InChI=1S/C15H26N4O/c1-5-16-14-11(2)15(18-12(3)17-14)19-8-6-7-13(9-19)10-20-4/h13H,5-10H2,1-4H3,(H,16,17,18). The average Bonchev–Trinajstić information content (AvgIpc) is 2.43. The van der Waals surface area contributed by atoms with Gasteiger partial charge in [0.15, 0.2) is 0 Å². The van der Waals surface area contributed by atoms with Crippen LogP contribution in [-0.4, -0.2) is 43.3 Å². The second kappa shape index (κ2) is 6.88. The third kappa shape index (κ3) is 3.39. The lowest BCUT2D eigenvalue weighted by Crippen LogP contribution is -2.38. The lowest BCUT2D eigenvalue weighted by atomic mass is 9.98. The first-order valence-corrected chi connectivity index (χ1v) is 7.48. The van der Waals surface area contributed by atoms with Crippen molar-refractivity contribution in [3.8, 4) is 0 Å². The summed E-state index contributed by atoms with van der Waals surface area (Å²) in [5.41, 5.74) is 1.15. The van der Waals surface area contributed by atoms with Crippen molar-refractivity contribution in [3.63, 3.8) is 0 Å². The van der Waals surface area contributed by atoms with Crippen molar-refractivity contribution in [3.05, 3.63) is 11.4 Å². The molecule has 1 atom stereocenters. The van der Waals surface area contributed by atoms with Gasteiger partial charge in [-0.05, 0) is 39.5 Å². The first kappa shape index (κ1) is 15.0. The van der Waals surface area contributed by atoms with E-state index in [1.165, 1.54) is 12.8 Å². The van der Waals surface area contributed by atoms with Gasteiger partial charge in [0.25, 0.3) is 0 Å². The molecular formula is C15H26N4O. The van der Waals surface area contributed by atoms with Crippen LogP contribution in [0.5, 0.6) is 0 Å². The lowest BCUT2D eigenvalue weighted by molar-refractivity contribution is 0.143. The lowest BCUT2D eigenvalue weighted by Gasteiger charge is -2.34. The third-order valence-corrected chi connectivity index (χ3v) is 3.80. The second-order valence-electron chi connectivity index (χ2n) is 5.51. The van der Waals surface area contributed by atoms with E-state index in [0.717, 1.165) is 49.3 Å². The highest BCUT2D eigenvalue weighted by molar-refractivity contribution is 5.58. The second-order valence-corrected chi connectivity index (χ2v) is 5.51. The molecule has 1 aromatic rings. The minimum Gasteiger partial charge on any atom is -0.384 e. The zero-order chi connectivity index (χ0) is 14.5. The molecule has 0 bridgehead atoms. The molecule has 1 fully saturated rings. The van der Waals surface area contributed by atoms with Crippen LogP contribution in [0.4, 0.5) is 11.6 Å². The highest BCUT2D eigenvalue weighted by Crippen LogP contribution is 2.27. The number of piperidine rings is 1. The van der Waals surface area contributed by atoms with E-state index >= 15 is 0 Å². The molecule has 20 heavy (non-hydrogen) atoms. The molecule has 1 saturated heterocycles. The van der Waals surface area contributed by atoms with Crippen LogP contribution in [0, 0.1) is 19.8 Å². The summed E-state index contributed by atoms with van der Waals surface area (Å²) in [7, 11) is 1.78. The van der Waals surface area contributed by atoms with Crippen molar-refractivity contribution in [1.29, 1.82) is 0 Å². The molecule has 0 aromatic carbocycles. The van der Waals surface area contributed by atoms with Crippen molar-refractivity contribution < 1.29 is 4.74 Å². The molecule has 0 aliphatic carbocycles. The Hall–Kier alpha value is -1.36. The predicted molar refractivity (Wildman–Crippen MR) is 82.5 cm³/mol. The number of aryl methyl sites for hydroxylation is 1. The molecule has 1 N–H and O–H groups in total. The maximum atomic E-state index is 5.31. The Morgan fingerprint density at radius 2 is 2.15 bits per heavy atom. The number of hydrogen-bond acceptors (Lipinski definition) is 5. The summed E-state index contributed by atoms with van der Waals surface area (Å²) < 4.78 is 5.31. The predicted octanol–water partition coefficient (Wildman–Crippen LogP) is 2.39. The number of aromatic nitrogens is 2. The number of hydrogen-bond donors (Lipinski definition) is 1. The summed E-state index contributed by atoms with van der Waals surface area (Å²) in [6.07, 6.45) is 2.45. The Labute approximate surface area is 121 Å². The Morgan fingerprint density at radius 3 is 2.85 bits per heavy atom. The van der Waals surface area contributed by atoms with Gasteiger partial charge in [-0.15, -0.1) is 0 Å². The summed E-state index contributed by atoms with van der Waals surface area (Å²) in [4.78, 5) is 11.6. The van der Waals surface area contributed by atoms with E-state index < -0.39 is 0 Å². The van der Waals surface area contributed by atoms with Crippen LogP contribution in [0.15, 0.2) is 0 Å². The molecule has 0 radical (unpaired) electrons. The molecule has 1 aliphatic heterocycles. The number of nitrogens with zero attached hydrogens (tertiary/aromatic N) is 3. The number of rotatable bonds is 5. The summed E-state index contributed by atoms with van der Waals surface area (Å²) >= 11 is 0. The fourth-order valence-electron chi connectivity index (χ4n) is 2.89. The first-order chi connectivity index (χ1) is 9.65. The van der Waals surface area contributed by atoms with Crippen molar-refractivity contribution in [2.45, 2.75) is 33.6 Å². The maximum Gasteiger partial charge on any atom is 0.137 e. The van der Waals surface area contributed by atoms with E-state index in [9.17, 15) is 0 Å². The van der Waals surface area contributed by atoms with Crippen LogP contribution >= 0.6 is 0 Å². The van der Waals surface area contributed by atoms with Crippen molar-refractivity contribution in [2.24, 2.45) is 5.92 Å². The molecule has 0 spiro atoms. The number of anilines is 2. The van der Waals surface area contributed by atoms with Gasteiger partial charge in [-0.1, -0.05) is 0 Å². The van der Waals surface area contributed by atoms with Crippen LogP contribution in [0.25, 0.3) is 0 Å². The van der Waals surface area contributed by atoms with E-state index in [-0.39, 0.29) is 0 Å². The average molecular weight is 278 g/mol. The Balaban J connectivity index is 2.22. The SMILES string of the molecule is CCNc1nc(C)nc(N2CCCC(COC)C2)c1C. The summed E-state index contributed by atoms with van der Waals surface area (Å²) in [6, 6.07) is 0. The smallest absolute Gasteiger partial charge is 0.137 e. The quantitative estimate of drug-likeness (QED) is 0.896. The number of ether oxygens (including phenoxy) is 1. The number of nitrogens with one attached hydrogen (secondary N) is 1. The molecule has 2 rings (SSSR count). The summed E-state index contributed by atoms with van der Waals surface area (Å²) in [6.45, 7) is 9.96. The third-order valence-electron chi connectivity index (χ3n) is 3.80. The van der Waals surface area contributed by atoms with Crippen LogP contribution in [0.3, 0.4) is 0 Å². The van der Waals surface area contributed by atoms with Crippen LogP contribution in [0.1, 0.15) is 31.2 Å². The molecule has 1 aromatic heterocycles. The molecule has 5 heteroatoms. The van der Waals surface area contributed by atoms with Gasteiger partial charge in [-0.3, -0.25) is 0 Å². The van der Waals surface area contributed by atoms with Crippen LogP contribution < -0.4 is 10.2 Å². The van der Waals surface area contributed by atoms with Gasteiger partial charge in [0.05, 0.1) is 6.61 Å². The van der Waals surface area contributed by atoms with Crippen molar-refractivity contribution in [1.82, 2.24) is 9.97 Å². The van der Waals surface area contributed by atoms with Gasteiger partial charge in [-0.25, -0.2) is 9.97 Å². The summed E-state index contributed by atoms with van der Waals surface area (Å²) in [5.74, 6) is 3.47. The zero-order valence-corrected chi connectivity index (χ0v) is 13.1. The molecule has 112 valence electrons. The molecule has 2 heterocycles. The molecule has 1 aliphatic rings.